The second kappa shape index (κ2) is 14.5. The molecule has 0 aliphatic heterocycles. The Kier molecular flexibility index (Phi) is 14.2. The summed E-state index contributed by atoms with van der Waals surface area (Å²) in [6.45, 7) is 2.12. The van der Waals surface area contributed by atoms with E-state index in [0.717, 1.165) is 12.1 Å². The molecule has 0 atom stereocenters. The molecule has 9 nitrogen and oxygen atoms in total. The Labute approximate surface area is 174 Å². The SMILES string of the molecule is COCCOCCOCCOCC(=O)Oc1ccc(S(=O)(=O)[O-])cc1.[Na+]. The molecule has 0 unspecified atom stereocenters. The standard InChI is InChI=1S/C15H22O9S.Na/c1-20-6-7-21-8-9-22-10-11-23-12-15(16)24-13-2-4-14(5-3-13)25(17,18)19;/h2-5H,6-12H2,1H3,(H,17,18,19);/q;+1/p-1. The molecule has 0 heterocycles. The fourth-order valence-electron chi connectivity index (χ4n) is 1.57. The fraction of sp³-hybridized carbons (Fsp3) is 0.533. The van der Waals surface area contributed by atoms with E-state index in [0.29, 0.717) is 33.0 Å². The Bertz CT molecular complexity index is 604. The van der Waals surface area contributed by atoms with Crippen LogP contribution in [-0.2, 0) is 33.9 Å². The van der Waals surface area contributed by atoms with Gasteiger partial charge in [0.05, 0.1) is 44.5 Å². The minimum atomic E-state index is -4.52. The van der Waals surface area contributed by atoms with Gasteiger partial charge in [-0.2, -0.15) is 0 Å². The molecule has 0 aliphatic rings. The summed E-state index contributed by atoms with van der Waals surface area (Å²) in [5.41, 5.74) is 0. The molecule has 0 N–H and O–H groups in total. The van der Waals surface area contributed by atoms with Gasteiger partial charge in [0.1, 0.15) is 22.5 Å². The van der Waals surface area contributed by atoms with Crippen LogP contribution in [0.4, 0.5) is 0 Å². The van der Waals surface area contributed by atoms with Crippen molar-refractivity contribution < 1.29 is 71.0 Å². The van der Waals surface area contributed by atoms with Gasteiger partial charge >= 0.3 is 35.5 Å². The van der Waals surface area contributed by atoms with Gasteiger partial charge in [-0.05, 0) is 24.3 Å². The van der Waals surface area contributed by atoms with Crippen molar-refractivity contribution in [1.29, 1.82) is 0 Å². The number of hydrogen-bond donors (Lipinski definition) is 0. The van der Waals surface area contributed by atoms with E-state index in [-0.39, 0.29) is 48.5 Å². The van der Waals surface area contributed by atoms with Crippen molar-refractivity contribution in [1.82, 2.24) is 0 Å². The molecule has 0 amide bonds. The monoisotopic (exact) mass is 400 g/mol. The average Bonchev–Trinajstić information content (AvgIpc) is 2.56. The molecule has 0 radical (unpaired) electrons. The van der Waals surface area contributed by atoms with Gasteiger partial charge in [0.15, 0.2) is 0 Å². The molecular formula is C15H21NaO9S. The van der Waals surface area contributed by atoms with Crippen molar-refractivity contribution >= 4 is 16.1 Å². The third-order valence-corrected chi connectivity index (χ3v) is 3.59. The second-order valence-electron chi connectivity index (χ2n) is 4.67. The van der Waals surface area contributed by atoms with Crippen molar-refractivity contribution in [2.45, 2.75) is 4.90 Å². The number of hydrogen-bond acceptors (Lipinski definition) is 9. The Morgan fingerprint density at radius 3 is 1.92 bits per heavy atom. The Hall–Kier alpha value is -0.560. The van der Waals surface area contributed by atoms with Crippen molar-refractivity contribution in [2.24, 2.45) is 0 Å². The summed E-state index contributed by atoms with van der Waals surface area (Å²) >= 11 is 0. The van der Waals surface area contributed by atoms with Gasteiger partial charge in [-0.1, -0.05) is 0 Å². The summed E-state index contributed by atoms with van der Waals surface area (Å²) in [6.07, 6.45) is 0. The topological polar surface area (TPSA) is 120 Å². The van der Waals surface area contributed by atoms with Crippen LogP contribution >= 0.6 is 0 Å². The van der Waals surface area contributed by atoms with Crippen molar-refractivity contribution in [2.75, 3.05) is 53.4 Å². The zero-order chi connectivity index (χ0) is 18.5. The number of esters is 1. The van der Waals surface area contributed by atoms with E-state index in [1.54, 1.807) is 7.11 Å². The predicted molar refractivity (Wildman–Crippen MR) is 84.4 cm³/mol. The van der Waals surface area contributed by atoms with Crippen LogP contribution in [0.15, 0.2) is 29.2 Å². The first-order valence-electron chi connectivity index (χ1n) is 7.42. The maximum atomic E-state index is 11.5. The molecule has 11 heteroatoms. The van der Waals surface area contributed by atoms with Crippen LogP contribution < -0.4 is 34.3 Å². The summed E-state index contributed by atoms with van der Waals surface area (Å²) in [4.78, 5) is 11.1. The summed E-state index contributed by atoms with van der Waals surface area (Å²) in [6, 6.07) is 4.56. The van der Waals surface area contributed by atoms with Crippen LogP contribution in [0.25, 0.3) is 0 Å². The first-order valence-corrected chi connectivity index (χ1v) is 8.83. The molecule has 26 heavy (non-hydrogen) atoms. The number of methoxy groups -OCH3 is 1. The average molecular weight is 400 g/mol. The summed E-state index contributed by atoms with van der Waals surface area (Å²) in [5.74, 6) is -0.536. The van der Waals surface area contributed by atoms with E-state index < -0.39 is 21.0 Å². The second-order valence-corrected chi connectivity index (χ2v) is 6.05. The number of rotatable bonds is 13. The van der Waals surface area contributed by atoms with Gasteiger partial charge in [-0.15, -0.1) is 0 Å². The Morgan fingerprint density at radius 1 is 0.923 bits per heavy atom. The number of carbonyl (C=O) groups is 1. The van der Waals surface area contributed by atoms with E-state index in [4.69, 9.17) is 23.7 Å². The fourth-order valence-corrected chi connectivity index (χ4v) is 2.04. The maximum absolute atomic E-state index is 11.5. The van der Waals surface area contributed by atoms with Crippen LogP contribution in [0.5, 0.6) is 5.75 Å². The molecule has 0 saturated carbocycles. The quantitative estimate of drug-likeness (QED) is 0.114. The first-order chi connectivity index (χ1) is 11.9. The van der Waals surface area contributed by atoms with E-state index in [9.17, 15) is 17.8 Å². The van der Waals surface area contributed by atoms with Crippen LogP contribution in [0.3, 0.4) is 0 Å². The zero-order valence-corrected chi connectivity index (χ0v) is 17.7. The normalized spacial score (nSPS) is 11.0. The molecule has 0 fully saturated rings. The molecule has 0 saturated heterocycles. The molecule has 0 aromatic heterocycles. The molecule has 142 valence electrons. The molecule has 0 spiro atoms. The summed E-state index contributed by atoms with van der Waals surface area (Å²) < 4.78 is 57.6. The van der Waals surface area contributed by atoms with Crippen LogP contribution in [0, 0.1) is 0 Å². The smallest absolute Gasteiger partial charge is 0.744 e. The minimum absolute atomic E-state index is 0. The van der Waals surface area contributed by atoms with E-state index >= 15 is 0 Å². The molecule has 1 aromatic rings. The summed E-state index contributed by atoms with van der Waals surface area (Å²) in [5, 5.41) is 0. The number of ether oxygens (including phenoxy) is 5. The van der Waals surface area contributed by atoms with Gasteiger partial charge in [-0.25, -0.2) is 13.2 Å². The summed E-state index contributed by atoms with van der Waals surface area (Å²) in [7, 11) is -2.93. The first kappa shape index (κ1) is 25.4. The number of benzene rings is 1. The van der Waals surface area contributed by atoms with Crippen LogP contribution in [-0.4, -0.2) is 72.3 Å². The third-order valence-electron chi connectivity index (χ3n) is 2.74. The van der Waals surface area contributed by atoms with Gasteiger partial charge < -0.3 is 28.2 Å². The van der Waals surface area contributed by atoms with E-state index in [1.165, 1.54) is 12.1 Å². The van der Waals surface area contributed by atoms with Gasteiger partial charge in [0.25, 0.3) is 0 Å². The van der Waals surface area contributed by atoms with Gasteiger partial charge in [-0.3, -0.25) is 0 Å². The predicted octanol–water partition coefficient (Wildman–Crippen LogP) is -2.80. The minimum Gasteiger partial charge on any atom is -0.744 e. The van der Waals surface area contributed by atoms with Gasteiger partial charge in [0.2, 0.25) is 0 Å². The maximum Gasteiger partial charge on any atom is 1.00 e. The van der Waals surface area contributed by atoms with E-state index in [2.05, 4.69) is 0 Å². The number of carbonyl (C=O) groups excluding carboxylic acids is 1. The molecule has 1 rings (SSSR count). The Morgan fingerprint density at radius 2 is 1.42 bits per heavy atom. The molecule has 0 bridgehead atoms. The van der Waals surface area contributed by atoms with Crippen molar-refractivity contribution in [3.05, 3.63) is 24.3 Å². The third kappa shape index (κ3) is 11.9. The molecule has 1 aromatic carbocycles. The van der Waals surface area contributed by atoms with Crippen molar-refractivity contribution in [3.8, 4) is 5.75 Å². The van der Waals surface area contributed by atoms with Gasteiger partial charge in [0, 0.05) is 7.11 Å². The molecular weight excluding hydrogens is 379 g/mol. The largest absolute Gasteiger partial charge is 1.00 e. The Balaban J connectivity index is 0.00000625. The van der Waals surface area contributed by atoms with Crippen LogP contribution in [0.1, 0.15) is 0 Å². The van der Waals surface area contributed by atoms with E-state index in [1.807, 2.05) is 0 Å². The molecule has 0 aliphatic carbocycles. The zero-order valence-electron chi connectivity index (χ0n) is 14.8. The van der Waals surface area contributed by atoms with Crippen molar-refractivity contribution in [3.63, 3.8) is 0 Å². The van der Waals surface area contributed by atoms with Crippen LogP contribution in [0.2, 0.25) is 0 Å².